The van der Waals surface area contributed by atoms with Crippen LogP contribution in [-0.4, -0.2) is 28.7 Å². The summed E-state index contributed by atoms with van der Waals surface area (Å²) in [6, 6.07) is 12.6. The first-order chi connectivity index (χ1) is 12.4. The molecule has 1 N–H and O–H groups in total. The molecule has 1 unspecified atom stereocenters. The van der Waals surface area contributed by atoms with Crippen molar-refractivity contribution in [2.75, 3.05) is 16.0 Å². The van der Waals surface area contributed by atoms with Crippen molar-refractivity contribution in [3.63, 3.8) is 0 Å². The standard InChI is InChI=1S/C19H17FN2O3S/c1-12-2-8-15(9-3-12)22-18(24)10-16(19(22)25)26-11-17(23)21-14-6-4-13(20)5-7-14/h2-9,16H,10-11H2,1H3,(H,21,23). The number of carbonyl (C=O) groups excluding carboxylic acids is 3. The third-order valence-corrected chi connectivity index (χ3v) is 5.14. The zero-order valence-electron chi connectivity index (χ0n) is 14.1. The Balaban J connectivity index is 1.57. The van der Waals surface area contributed by atoms with Gasteiger partial charge in [0.2, 0.25) is 17.7 Å². The second kappa shape index (κ2) is 7.70. The summed E-state index contributed by atoms with van der Waals surface area (Å²) >= 11 is 1.13. The Morgan fingerprint density at radius 3 is 2.46 bits per heavy atom. The van der Waals surface area contributed by atoms with Crippen LogP contribution in [0, 0.1) is 12.7 Å². The van der Waals surface area contributed by atoms with E-state index in [2.05, 4.69) is 5.32 Å². The number of carbonyl (C=O) groups is 3. The zero-order valence-corrected chi connectivity index (χ0v) is 14.9. The lowest BCUT2D eigenvalue weighted by Gasteiger charge is -2.15. The van der Waals surface area contributed by atoms with E-state index in [-0.39, 0.29) is 35.7 Å². The Labute approximate surface area is 154 Å². The van der Waals surface area contributed by atoms with E-state index in [4.69, 9.17) is 0 Å². The first-order valence-corrected chi connectivity index (χ1v) is 9.09. The number of anilines is 2. The van der Waals surface area contributed by atoms with Gasteiger partial charge in [0.25, 0.3) is 0 Å². The normalized spacial score (nSPS) is 16.8. The molecule has 2 aromatic rings. The van der Waals surface area contributed by atoms with Crippen LogP contribution in [0.5, 0.6) is 0 Å². The number of halogens is 1. The van der Waals surface area contributed by atoms with Gasteiger partial charge in [-0.2, -0.15) is 0 Å². The van der Waals surface area contributed by atoms with Gasteiger partial charge >= 0.3 is 0 Å². The SMILES string of the molecule is Cc1ccc(N2C(=O)CC(SCC(=O)Nc3ccc(F)cc3)C2=O)cc1. The van der Waals surface area contributed by atoms with E-state index < -0.39 is 5.25 Å². The molecule has 0 aromatic heterocycles. The van der Waals surface area contributed by atoms with E-state index >= 15 is 0 Å². The first-order valence-electron chi connectivity index (χ1n) is 8.04. The van der Waals surface area contributed by atoms with Gasteiger partial charge < -0.3 is 5.32 Å². The van der Waals surface area contributed by atoms with Gasteiger partial charge in [0, 0.05) is 12.1 Å². The van der Waals surface area contributed by atoms with Gasteiger partial charge in [-0.05, 0) is 43.3 Å². The average Bonchev–Trinajstić information content (AvgIpc) is 2.90. The molecule has 26 heavy (non-hydrogen) atoms. The van der Waals surface area contributed by atoms with Crippen LogP contribution in [-0.2, 0) is 14.4 Å². The van der Waals surface area contributed by atoms with Crippen molar-refractivity contribution in [3.8, 4) is 0 Å². The van der Waals surface area contributed by atoms with Crippen molar-refractivity contribution in [2.24, 2.45) is 0 Å². The number of imide groups is 1. The highest BCUT2D eigenvalue weighted by molar-refractivity contribution is 8.01. The van der Waals surface area contributed by atoms with Crippen LogP contribution in [0.1, 0.15) is 12.0 Å². The molecule has 0 saturated carbocycles. The molecule has 1 atom stereocenters. The van der Waals surface area contributed by atoms with Crippen molar-refractivity contribution >= 4 is 40.9 Å². The van der Waals surface area contributed by atoms with Gasteiger partial charge in [-0.25, -0.2) is 9.29 Å². The molecule has 0 radical (unpaired) electrons. The van der Waals surface area contributed by atoms with Crippen LogP contribution < -0.4 is 10.2 Å². The molecule has 0 bridgehead atoms. The monoisotopic (exact) mass is 372 g/mol. The summed E-state index contributed by atoms with van der Waals surface area (Å²) in [5, 5.41) is 2.05. The van der Waals surface area contributed by atoms with Crippen LogP contribution in [0.4, 0.5) is 15.8 Å². The maximum absolute atomic E-state index is 12.9. The Bertz CT molecular complexity index is 837. The summed E-state index contributed by atoms with van der Waals surface area (Å²) in [6.07, 6.45) is 0.0706. The smallest absolute Gasteiger partial charge is 0.247 e. The summed E-state index contributed by atoms with van der Waals surface area (Å²) in [4.78, 5) is 37.9. The zero-order chi connectivity index (χ0) is 18.7. The number of hydrogen-bond acceptors (Lipinski definition) is 4. The van der Waals surface area contributed by atoms with Gasteiger partial charge in [0.05, 0.1) is 16.7 Å². The molecule has 1 fully saturated rings. The van der Waals surface area contributed by atoms with Crippen molar-refractivity contribution in [3.05, 3.63) is 59.9 Å². The maximum atomic E-state index is 12.9. The maximum Gasteiger partial charge on any atom is 0.247 e. The predicted molar refractivity (Wildman–Crippen MR) is 99.6 cm³/mol. The van der Waals surface area contributed by atoms with Crippen molar-refractivity contribution in [1.29, 1.82) is 0 Å². The predicted octanol–water partition coefficient (Wildman–Crippen LogP) is 3.14. The van der Waals surface area contributed by atoms with E-state index in [9.17, 15) is 18.8 Å². The Morgan fingerprint density at radius 1 is 1.15 bits per heavy atom. The molecule has 1 heterocycles. The molecule has 0 aliphatic carbocycles. The number of aryl methyl sites for hydroxylation is 1. The van der Waals surface area contributed by atoms with E-state index in [1.54, 1.807) is 12.1 Å². The summed E-state index contributed by atoms with van der Waals surface area (Å²) in [7, 11) is 0. The quantitative estimate of drug-likeness (QED) is 0.819. The molecule has 134 valence electrons. The molecule has 0 spiro atoms. The minimum atomic E-state index is -0.581. The summed E-state index contributed by atoms with van der Waals surface area (Å²) in [6.45, 7) is 1.93. The molecule has 7 heteroatoms. The van der Waals surface area contributed by atoms with Gasteiger partial charge in [-0.15, -0.1) is 11.8 Å². The average molecular weight is 372 g/mol. The van der Waals surface area contributed by atoms with Crippen molar-refractivity contribution in [1.82, 2.24) is 0 Å². The molecular formula is C19H17FN2O3S. The second-order valence-corrected chi connectivity index (χ2v) is 7.15. The fourth-order valence-corrected chi connectivity index (χ4v) is 3.54. The Morgan fingerprint density at radius 2 is 1.81 bits per heavy atom. The first kappa shape index (κ1) is 18.1. The molecule has 3 amide bonds. The van der Waals surface area contributed by atoms with E-state index in [0.29, 0.717) is 11.4 Å². The topological polar surface area (TPSA) is 66.5 Å². The minimum absolute atomic E-state index is 0.0306. The van der Waals surface area contributed by atoms with Crippen LogP contribution >= 0.6 is 11.8 Å². The van der Waals surface area contributed by atoms with Crippen molar-refractivity contribution in [2.45, 2.75) is 18.6 Å². The highest BCUT2D eigenvalue weighted by Crippen LogP contribution is 2.29. The highest BCUT2D eigenvalue weighted by Gasteiger charge is 2.39. The second-order valence-electron chi connectivity index (χ2n) is 5.96. The number of rotatable bonds is 5. The minimum Gasteiger partial charge on any atom is -0.325 e. The summed E-state index contributed by atoms with van der Waals surface area (Å²) < 4.78 is 12.9. The van der Waals surface area contributed by atoms with Crippen molar-refractivity contribution < 1.29 is 18.8 Å². The number of benzene rings is 2. The molecule has 1 saturated heterocycles. The number of nitrogens with one attached hydrogen (secondary N) is 1. The van der Waals surface area contributed by atoms with Crippen LogP contribution in [0.25, 0.3) is 0 Å². The summed E-state index contributed by atoms with van der Waals surface area (Å²) in [5.74, 6) is -1.24. The lowest BCUT2D eigenvalue weighted by atomic mass is 10.2. The van der Waals surface area contributed by atoms with Gasteiger partial charge in [-0.1, -0.05) is 17.7 Å². The Kier molecular flexibility index (Phi) is 5.37. The lowest BCUT2D eigenvalue weighted by molar-refractivity contribution is -0.121. The molecule has 1 aliphatic heterocycles. The van der Waals surface area contributed by atoms with Crippen LogP contribution in [0.2, 0.25) is 0 Å². The van der Waals surface area contributed by atoms with E-state index in [0.717, 1.165) is 17.3 Å². The van der Waals surface area contributed by atoms with Gasteiger partial charge in [0.1, 0.15) is 5.82 Å². The molecule has 3 rings (SSSR count). The molecule has 2 aromatic carbocycles. The third-order valence-electron chi connectivity index (χ3n) is 3.94. The number of nitrogens with zero attached hydrogens (tertiary/aromatic N) is 1. The highest BCUT2D eigenvalue weighted by atomic mass is 32.2. The lowest BCUT2D eigenvalue weighted by Crippen LogP contribution is -2.31. The molecular weight excluding hydrogens is 355 g/mol. The Hall–Kier alpha value is -2.67. The van der Waals surface area contributed by atoms with E-state index in [1.165, 1.54) is 29.2 Å². The molecule has 1 aliphatic rings. The van der Waals surface area contributed by atoms with Crippen LogP contribution in [0.15, 0.2) is 48.5 Å². The van der Waals surface area contributed by atoms with Gasteiger partial charge in [-0.3, -0.25) is 14.4 Å². The number of hydrogen-bond donors (Lipinski definition) is 1. The van der Waals surface area contributed by atoms with E-state index in [1.807, 2.05) is 19.1 Å². The number of thioether (sulfide) groups is 1. The molecule has 5 nitrogen and oxygen atoms in total. The van der Waals surface area contributed by atoms with Gasteiger partial charge in [0.15, 0.2) is 0 Å². The van der Waals surface area contributed by atoms with Crippen LogP contribution in [0.3, 0.4) is 0 Å². The number of amides is 3. The fourth-order valence-electron chi connectivity index (χ4n) is 2.61. The largest absolute Gasteiger partial charge is 0.325 e. The fraction of sp³-hybridized carbons (Fsp3) is 0.211. The third kappa shape index (κ3) is 4.11. The summed E-state index contributed by atoms with van der Waals surface area (Å²) in [5.41, 5.74) is 2.06.